The second kappa shape index (κ2) is 11.5. The van der Waals surface area contributed by atoms with Crippen molar-refractivity contribution in [1.29, 1.82) is 0 Å². The Kier molecular flexibility index (Phi) is 8.17. The van der Waals surface area contributed by atoms with Crippen LogP contribution in [0.5, 0.6) is 0 Å². The van der Waals surface area contributed by atoms with Gasteiger partial charge in [-0.05, 0) is 48.9 Å². The van der Waals surface area contributed by atoms with Gasteiger partial charge in [0.25, 0.3) is 0 Å². The van der Waals surface area contributed by atoms with Crippen molar-refractivity contribution in [3.63, 3.8) is 0 Å². The van der Waals surface area contributed by atoms with E-state index < -0.39 is 11.9 Å². The summed E-state index contributed by atoms with van der Waals surface area (Å²) in [5, 5.41) is 4.68. The van der Waals surface area contributed by atoms with Crippen LogP contribution in [0.3, 0.4) is 0 Å². The zero-order valence-corrected chi connectivity index (χ0v) is 21.6. The van der Waals surface area contributed by atoms with Crippen LogP contribution in [0.4, 0.5) is 10.0 Å². The summed E-state index contributed by atoms with van der Waals surface area (Å²) in [5.41, 5.74) is 0.158. The first kappa shape index (κ1) is 24.2. The van der Waals surface area contributed by atoms with E-state index in [4.69, 9.17) is 9.47 Å². The van der Waals surface area contributed by atoms with Gasteiger partial charge in [0.15, 0.2) is 0 Å². The molecule has 34 heavy (non-hydrogen) atoms. The number of carbonyl (C=O) groups is 2. The number of esters is 2. The molecule has 0 unspecified atom stereocenters. The van der Waals surface area contributed by atoms with Crippen LogP contribution in [0.2, 0.25) is 0 Å². The Morgan fingerprint density at radius 1 is 0.765 bits per heavy atom. The monoisotopic (exact) mass is 528 g/mol. The van der Waals surface area contributed by atoms with Crippen molar-refractivity contribution in [2.45, 2.75) is 13.8 Å². The number of aliphatic imine (C=N–C) groups is 2. The third-order valence-electron chi connectivity index (χ3n) is 4.38. The molecule has 0 saturated carbocycles. The van der Waals surface area contributed by atoms with E-state index >= 15 is 0 Å². The highest BCUT2D eigenvalue weighted by Gasteiger charge is 2.30. The van der Waals surface area contributed by atoms with Crippen LogP contribution >= 0.6 is 45.3 Å². The van der Waals surface area contributed by atoms with Gasteiger partial charge in [-0.3, -0.25) is 0 Å². The van der Waals surface area contributed by atoms with Crippen molar-refractivity contribution in [2.24, 2.45) is 9.98 Å². The quantitative estimate of drug-likeness (QED) is 0.167. The van der Waals surface area contributed by atoms with Crippen molar-refractivity contribution in [3.8, 4) is 9.75 Å². The van der Waals surface area contributed by atoms with Gasteiger partial charge >= 0.3 is 11.9 Å². The average Bonchev–Trinajstić information content (AvgIpc) is 3.62. The Balaban J connectivity index is 1.75. The smallest absolute Gasteiger partial charge is 0.342 e. The molecule has 0 amide bonds. The summed E-state index contributed by atoms with van der Waals surface area (Å²) < 4.78 is 10.5. The zero-order valence-electron chi connectivity index (χ0n) is 18.3. The van der Waals surface area contributed by atoms with Crippen LogP contribution in [0.1, 0.15) is 44.3 Å². The highest BCUT2D eigenvalue weighted by molar-refractivity contribution is 7.22. The topological polar surface area (TPSA) is 77.3 Å². The second-order valence-electron chi connectivity index (χ2n) is 6.61. The molecule has 4 aromatic rings. The molecular weight excluding hydrogens is 509 g/mol. The maximum Gasteiger partial charge on any atom is 0.342 e. The highest BCUT2D eigenvalue weighted by Crippen LogP contribution is 2.43. The number of rotatable bonds is 9. The van der Waals surface area contributed by atoms with Crippen molar-refractivity contribution >= 4 is 79.7 Å². The second-order valence-corrected chi connectivity index (χ2v) is 10.6. The Hall–Kier alpha value is -2.92. The van der Waals surface area contributed by atoms with Gasteiger partial charge in [-0.15, -0.1) is 34.0 Å². The molecule has 6 nitrogen and oxygen atoms in total. The maximum atomic E-state index is 12.9. The van der Waals surface area contributed by atoms with E-state index in [0.717, 1.165) is 26.0 Å². The lowest BCUT2D eigenvalue weighted by atomic mass is 10.1. The van der Waals surface area contributed by atoms with Crippen molar-refractivity contribution in [2.75, 3.05) is 13.2 Å². The van der Waals surface area contributed by atoms with Gasteiger partial charge in [0.05, 0.1) is 13.2 Å². The van der Waals surface area contributed by atoms with Gasteiger partial charge in [-0.25, -0.2) is 19.6 Å². The van der Waals surface area contributed by atoms with Gasteiger partial charge in [-0.2, -0.15) is 0 Å². The lowest BCUT2D eigenvalue weighted by molar-refractivity contribution is 0.0481. The molecule has 0 radical (unpaired) electrons. The molecule has 0 atom stereocenters. The van der Waals surface area contributed by atoms with E-state index in [0.29, 0.717) is 10.0 Å². The predicted molar refractivity (Wildman–Crippen MR) is 143 cm³/mol. The molecule has 0 N–H and O–H groups in total. The van der Waals surface area contributed by atoms with Crippen LogP contribution in [-0.4, -0.2) is 37.6 Å². The average molecular weight is 529 g/mol. The molecule has 0 aliphatic carbocycles. The number of carbonyl (C=O) groups excluding carboxylic acids is 2. The first-order valence-electron chi connectivity index (χ1n) is 10.4. The van der Waals surface area contributed by atoms with E-state index in [1.54, 1.807) is 49.0 Å². The standard InChI is InChI=1S/C24H20N2O4S4/c1-3-29-23(27)19-20(24(28)30-4-2)22(34-21(19)25-13-15-7-5-11-31-15)26-14-16-9-10-18(33-16)17-8-6-12-32-17/h5-14H,3-4H2,1-2H3. The molecule has 174 valence electrons. The SMILES string of the molecule is CCOC(=O)c1c(N=Cc2cccs2)sc(N=Cc2ccc(-c3cccs3)s2)c1C(=O)OCC. The minimum absolute atomic E-state index is 0.0786. The number of thiophene rings is 4. The summed E-state index contributed by atoms with van der Waals surface area (Å²) in [6.45, 7) is 3.77. The van der Waals surface area contributed by atoms with Crippen LogP contribution in [0.25, 0.3) is 9.75 Å². The summed E-state index contributed by atoms with van der Waals surface area (Å²) >= 11 is 5.95. The number of ether oxygens (including phenoxy) is 2. The molecule has 4 rings (SSSR count). The third kappa shape index (κ3) is 5.58. The van der Waals surface area contributed by atoms with Crippen molar-refractivity contribution < 1.29 is 19.1 Å². The summed E-state index contributed by atoms with van der Waals surface area (Å²) in [4.78, 5) is 38.9. The molecule has 0 spiro atoms. The van der Waals surface area contributed by atoms with Gasteiger partial charge < -0.3 is 9.47 Å². The minimum atomic E-state index is -0.628. The fraction of sp³-hybridized carbons (Fsp3) is 0.167. The largest absolute Gasteiger partial charge is 0.462 e. The van der Waals surface area contributed by atoms with E-state index in [1.807, 2.05) is 41.1 Å². The third-order valence-corrected chi connectivity index (χ3v) is 8.28. The lowest BCUT2D eigenvalue weighted by Crippen LogP contribution is -2.12. The zero-order chi connectivity index (χ0) is 23.9. The van der Waals surface area contributed by atoms with Crippen LogP contribution in [-0.2, 0) is 9.47 Å². The van der Waals surface area contributed by atoms with E-state index in [-0.39, 0.29) is 24.3 Å². The Bertz CT molecular complexity index is 1320. The Morgan fingerprint density at radius 2 is 1.38 bits per heavy atom. The lowest BCUT2D eigenvalue weighted by Gasteiger charge is -2.05. The molecular formula is C24H20N2O4S4. The van der Waals surface area contributed by atoms with Gasteiger partial charge in [0.1, 0.15) is 21.1 Å². The molecule has 0 bridgehead atoms. The van der Waals surface area contributed by atoms with E-state index in [1.165, 1.54) is 16.2 Å². The molecule has 0 fully saturated rings. The normalized spacial score (nSPS) is 11.5. The van der Waals surface area contributed by atoms with Crippen LogP contribution in [0, 0.1) is 0 Å². The predicted octanol–water partition coefficient (Wildman–Crippen LogP) is 7.45. The molecule has 4 heterocycles. The van der Waals surface area contributed by atoms with Gasteiger partial charge in [0, 0.05) is 31.9 Å². The molecule has 4 aromatic heterocycles. The first-order valence-corrected chi connectivity index (χ1v) is 13.8. The van der Waals surface area contributed by atoms with Crippen molar-refractivity contribution in [1.82, 2.24) is 0 Å². The Labute approximate surface area is 212 Å². The first-order chi connectivity index (χ1) is 16.6. The molecule has 0 aliphatic heterocycles. The van der Waals surface area contributed by atoms with Gasteiger partial charge in [-0.1, -0.05) is 23.5 Å². The minimum Gasteiger partial charge on any atom is -0.462 e. The fourth-order valence-corrected chi connectivity index (χ4v) is 6.23. The summed E-state index contributed by atoms with van der Waals surface area (Å²) in [6.07, 6.45) is 3.35. The summed E-state index contributed by atoms with van der Waals surface area (Å²) in [7, 11) is 0. The summed E-state index contributed by atoms with van der Waals surface area (Å²) in [6, 6.07) is 11.9. The molecule has 0 aromatic carbocycles. The number of nitrogens with zero attached hydrogens (tertiary/aromatic N) is 2. The van der Waals surface area contributed by atoms with E-state index in [9.17, 15) is 9.59 Å². The number of hydrogen-bond acceptors (Lipinski definition) is 10. The Morgan fingerprint density at radius 3 is 1.94 bits per heavy atom. The fourth-order valence-electron chi connectivity index (χ4n) is 2.96. The van der Waals surface area contributed by atoms with Gasteiger partial charge in [0.2, 0.25) is 0 Å². The highest BCUT2D eigenvalue weighted by atomic mass is 32.1. The van der Waals surface area contributed by atoms with Crippen LogP contribution < -0.4 is 0 Å². The molecule has 10 heteroatoms. The summed E-state index contributed by atoms with van der Waals surface area (Å²) in [5.74, 6) is -1.25. The number of hydrogen-bond donors (Lipinski definition) is 0. The van der Waals surface area contributed by atoms with Crippen molar-refractivity contribution in [3.05, 3.63) is 68.0 Å². The molecule has 0 aliphatic rings. The van der Waals surface area contributed by atoms with Crippen LogP contribution in [0.15, 0.2) is 57.1 Å². The van der Waals surface area contributed by atoms with E-state index in [2.05, 4.69) is 16.1 Å². The molecule has 0 saturated heterocycles. The maximum absolute atomic E-state index is 12.9.